The van der Waals surface area contributed by atoms with Crippen LogP contribution in [-0.4, -0.2) is 19.7 Å². The van der Waals surface area contributed by atoms with E-state index >= 15 is 0 Å². The van der Waals surface area contributed by atoms with E-state index in [1.54, 1.807) is 0 Å². The van der Waals surface area contributed by atoms with Gasteiger partial charge in [-0.05, 0) is 31.0 Å². The van der Waals surface area contributed by atoms with Gasteiger partial charge < -0.3 is 5.73 Å². The van der Waals surface area contributed by atoms with Gasteiger partial charge in [0.15, 0.2) is 9.84 Å². The second-order valence-electron chi connectivity index (χ2n) is 4.42. The van der Waals surface area contributed by atoms with Crippen LogP contribution in [0.4, 0.5) is 13.2 Å². The first-order chi connectivity index (χ1) is 8.21. The first-order valence-electron chi connectivity index (χ1n) is 5.38. The SMILES string of the molecule is Cl.N[C@H]1C[C@H](S(=O)(=O)c2cccc(C(F)(F)F)c2)C1. The zero-order valence-corrected chi connectivity index (χ0v) is 11.4. The molecule has 1 aliphatic carbocycles. The highest BCUT2D eigenvalue weighted by molar-refractivity contribution is 7.92. The average Bonchev–Trinajstić information content (AvgIpc) is 2.24. The molecule has 0 bridgehead atoms. The Bertz CT molecular complexity index is 553. The van der Waals surface area contributed by atoms with Crippen molar-refractivity contribution in [3.8, 4) is 0 Å². The summed E-state index contributed by atoms with van der Waals surface area (Å²) in [5.74, 6) is 0. The lowest BCUT2D eigenvalue weighted by atomic mass is 9.93. The van der Waals surface area contributed by atoms with Crippen molar-refractivity contribution in [3.05, 3.63) is 29.8 Å². The van der Waals surface area contributed by atoms with Crippen molar-refractivity contribution in [2.45, 2.75) is 35.2 Å². The molecule has 1 aromatic rings. The third kappa shape index (κ3) is 3.21. The van der Waals surface area contributed by atoms with E-state index in [1.165, 1.54) is 6.07 Å². The summed E-state index contributed by atoms with van der Waals surface area (Å²) in [6.45, 7) is 0. The summed E-state index contributed by atoms with van der Waals surface area (Å²) in [7, 11) is -3.70. The predicted molar refractivity (Wildman–Crippen MR) is 66.9 cm³/mol. The van der Waals surface area contributed by atoms with Gasteiger partial charge in [0.2, 0.25) is 0 Å². The van der Waals surface area contributed by atoms with Crippen LogP contribution in [0.1, 0.15) is 18.4 Å². The minimum Gasteiger partial charge on any atom is -0.328 e. The van der Waals surface area contributed by atoms with Crippen LogP contribution in [0.5, 0.6) is 0 Å². The topological polar surface area (TPSA) is 60.2 Å². The lowest BCUT2D eigenvalue weighted by Crippen LogP contribution is -2.44. The van der Waals surface area contributed by atoms with E-state index in [9.17, 15) is 21.6 Å². The third-order valence-electron chi connectivity index (χ3n) is 3.06. The highest BCUT2D eigenvalue weighted by Gasteiger charge is 2.39. The van der Waals surface area contributed by atoms with Crippen molar-refractivity contribution in [2.24, 2.45) is 5.73 Å². The number of hydrogen-bond acceptors (Lipinski definition) is 3. The maximum Gasteiger partial charge on any atom is 0.416 e. The van der Waals surface area contributed by atoms with Gasteiger partial charge in [-0.2, -0.15) is 13.2 Å². The Kier molecular flexibility index (Phi) is 4.54. The lowest BCUT2D eigenvalue weighted by Gasteiger charge is -2.31. The zero-order valence-electron chi connectivity index (χ0n) is 9.72. The highest BCUT2D eigenvalue weighted by Crippen LogP contribution is 2.34. The number of alkyl halides is 3. The molecule has 0 unspecified atom stereocenters. The summed E-state index contributed by atoms with van der Waals surface area (Å²) in [5.41, 5.74) is 4.55. The number of benzene rings is 1. The van der Waals surface area contributed by atoms with Gasteiger partial charge in [0.05, 0.1) is 15.7 Å². The molecule has 1 saturated carbocycles. The third-order valence-corrected chi connectivity index (χ3v) is 5.23. The molecule has 8 heteroatoms. The quantitative estimate of drug-likeness (QED) is 0.911. The van der Waals surface area contributed by atoms with Crippen LogP contribution in [0.25, 0.3) is 0 Å². The summed E-state index contributed by atoms with van der Waals surface area (Å²) >= 11 is 0. The van der Waals surface area contributed by atoms with Crippen LogP contribution in [0.2, 0.25) is 0 Å². The van der Waals surface area contributed by atoms with E-state index in [-0.39, 0.29) is 23.3 Å². The van der Waals surface area contributed by atoms with E-state index in [1.807, 2.05) is 0 Å². The van der Waals surface area contributed by atoms with Crippen molar-refractivity contribution in [1.82, 2.24) is 0 Å². The Morgan fingerprint density at radius 2 is 1.79 bits per heavy atom. The van der Waals surface area contributed by atoms with Crippen LogP contribution < -0.4 is 5.73 Å². The first kappa shape index (κ1) is 16.3. The second kappa shape index (κ2) is 5.30. The summed E-state index contributed by atoms with van der Waals surface area (Å²) in [5, 5.41) is -0.656. The molecule has 2 N–H and O–H groups in total. The normalized spacial score (nSPS) is 23.4. The predicted octanol–water partition coefficient (Wildman–Crippen LogP) is 2.39. The Morgan fingerprint density at radius 3 is 2.26 bits per heavy atom. The molecule has 0 aromatic heterocycles. The zero-order chi connectivity index (χ0) is 13.6. The molecule has 1 aliphatic rings. The van der Waals surface area contributed by atoms with Gasteiger partial charge in [-0.25, -0.2) is 8.42 Å². The Morgan fingerprint density at radius 1 is 1.21 bits per heavy atom. The Labute approximate surface area is 115 Å². The molecule has 0 heterocycles. The molecular formula is C11H13ClF3NO2S. The van der Waals surface area contributed by atoms with Crippen molar-refractivity contribution in [2.75, 3.05) is 0 Å². The fraction of sp³-hybridized carbons (Fsp3) is 0.455. The van der Waals surface area contributed by atoms with E-state index in [2.05, 4.69) is 0 Å². The second-order valence-corrected chi connectivity index (χ2v) is 6.65. The van der Waals surface area contributed by atoms with Gasteiger partial charge in [-0.15, -0.1) is 12.4 Å². The smallest absolute Gasteiger partial charge is 0.328 e. The van der Waals surface area contributed by atoms with Crippen LogP contribution >= 0.6 is 12.4 Å². The monoisotopic (exact) mass is 315 g/mol. The first-order valence-corrected chi connectivity index (χ1v) is 6.92. The highest BCUT2D eigenvalue weighted by atomic mass is 35.5. The van der Waals surface area contributed by atoms with Gasteiger partial charge in [-0.3, -0.25) is 0 Å². The van der Waals surface area contributed by atoms with Crippen molar-refractivity contribution >= 4 is 22.2 Å². The number of hydrogen-bond donors (Lipinski definition) is 1. The standard InChI is InChI=1S/C11H12F3NO2S.ClH/c12-11(13,14)7-2-1-3-9(4-7)18(16,17)10-5-8(15)6-10;/h1-4,8,10H,5-6,15H2;1H/t8-,10-;. The van der Waals surface area contributed by atoms with Gasteiger partial charge in [0.1, 0.15) is 0 Å². The fourth-order valence-corrected chi connectivity index (χ4v) is 3.85. The molecule has 0 amide bonds. The minimum absolute atomic E-state index is 0. The number of sulfone groups is 1. The minimum atomic E-state index is -4.54. The van der Waals surface area contributed by atoms with Gasteiger partial charge in [-0.1, -0.05) is 6.07 Å². The summed E-state index contributed by atoms with van der Waals surface area (Å²) < 4.78 is 61.5. The van der Waals surface area contributed by atoms with Crippen molar-refractivity contribution in [3.63, 3.8) is 0 Å². The van der Waals surface area contributed by atoms with Gasteiger partial charge in [0, 0.05) is 6.04 Å². The van der Waals surface area contributed by atoms with E-state index in [0.29, 0.717) is 18.9 Å². The summed E-state index contributed by atoms with van der Waals surface area (Å²) in [4.78, 5) is -0.283. The molecule has 19 heavy (non-hydrogen) atoms. The maximum atomic E-state index is 12.5. The molecule has 0 atom stereocenters. The fourth-order valence-electron chi connectivity index (χ4n) is 1.90. The Hall–Kier alpha value is -0.790. The number of nitrogens with two attached hydrogens (primary N) is 1. The van der Waals surface area contributed by atoms with Crippen LogP contribution in [0, 0.1) is 0 Å². The average molecular weight is 316 g/mol. The molecule has 0 saturated heterocycles. The van der Waals surface area contributed by atoms with Gasteiger partial charge >= 0.3 is 6.18 Å². The van der Waals surface area contributed by atoms with E-state index < -0.39 is 26.8 Å². The van der Waals surface area contributed by atoms with Crippen LogP contribution in [-0.2, 0) is 16.0 Å². The van der Waals surface area contributed by atoms with Gasteiger partial charge in [0.25, 0.3) is 0 Å². The van der Waals surface area contributed by atoms with E-state index in [4.69, 9.17) is 5.73 Å². The van der Waals surface area contributed by atoms with Crippen molar-refractivity contribution < 1.29 is 21.6 Å². The molecule has 0 radical (unpaired) electrons. The molecule has 3 nitrogen and oxygen atoms in total. The molecule has 2 rings (SSSR count). The van der Waals surface area contributed by atoms with Crippen molar-refractivity contribution in [1.29, 1.82) is 0 Å². The Balaban J connectivity index is 0.00000180. The lowest BCUT2D eigenvalue weighted by molar-refractivity contribution is -0.137. The molecule has 0 spiro atoms. The molecule has 1 fully saturated rings. The van der Waals surface area contributed by atoms with Crippen LogP contribution in [0.3, 0.4) is 0 Å². The summed E-state index contributed by atoms with van der Waals surface area (Å²) in [6.07, 6.45) is -3.93. The molecular weight excluding hydrogens is 303 g/mol. The largest absolute Gasteiger partial charge is 0.416 e. The van der Waals surface area contributed by atoms with Crippen LogP contribution in [0.15, 0.2) is 29.2 Å². The maximum absolute atomic E-state index is 12.5. The number of halogens is 4. The summed E-state index contributed by atoms with van der Waals surface area (Å²) in [6, 6.07) is 3.66. The van der Waals surface area contributed by atoms with E-state index in [0.717, 1.165) is 12.1 Å². The number of rotatable bonds is 2. The molecule has 1 aromatic carbocycles. The molecule has 108 valence electrons. The molecule has 0 aliphatic heterocycles.